The van der Waals surface area contributed by atoms with Gasteiger partial charge in [0.05, 0.1) is 6.04 Å². The maximum atomic E-state index is 4.62. The predicted octanol–water partition coefficient (Wildman–Crippen LogP) is 2.94. The molecule has 0 fully saturated rings. The Morgan fingerprint density at radius 2 is 2.06 bits per heavy atom. The fourth-order valence-electron chi connectivity index (χ4n) is 2.59. The normalized spacial score (nSPS) is 22.7. The Kier molecular flexibility index (Phi) is 2.46. The lowest BCUT2D eigenvalue weighted by Gasteiger charge is -2.11. The molecule has 0 aliphatic carbocycles. The van der Waals surface area contributed by atoms with Gasteiger partial charge in [-0.15, -0.1) is 0 Å². The van der Waals surface area contributed by atoms with E-state index in [1.165, 1.54) is 5.56 Å². The van der Waals surface area contributed by atoms with E-state index in [0.717, 1.165) is 24.5 Å². The van der Waals surface area contributed by atoms with Gasteiger partial charge in [-0.3, -0.25) is 0 Å². The molecule has 17 heavy (non-hydrogen) atoms. The van der Waals surface area contributed by atoms with E-state index < -0.39 is 0 Å². The number of rotatable bonds is 2. The minimum Gasteiger partial charge on any atom is -0.242 e. The van der Waals surface area contributed by atoms with Gasteiger partial charge in [0.15, 0.2) is 5.82 Å². The van der Waals surface area contributed by atoms with Crippen molar-refractivity contribution in [3.63, 3.8) is 0 Å². The second-order valence-corrected chi connectivity index (χ2v) is 4.75. The van der Waals surface area contributed by atoms with E-state index in [0.29, 0.717) is 12.0 Å². The molecule has 1 aromatic carbocycles. The molecule has 2 heterocycles. The zero-order chi connectivity index (χ0) is 11.8. The monoisotopic (exact) mass is 227 g/mol. The molecule has 2 aromatic rings. The molecule has 3 heteroatoms. The van der Waals surface area contributed by atoms with Gasteiger partial charge in [0.1, 0.15) is 5.82 Å². The molecule has 2 atom stereocenters. The largest absolute Gasteiger partial charge is 0.242 e. The number of hydrogen-bond acceptors (Lipinski definition) is 2. The average Bonchev–Trinajstić information content (AvgIpc) is 2.91. The molecule has 0 spiro atoms. The summed E-state index contributed by atoms with van der Waals surface area (Å²) in [5, 5.41) is 4.62. The van der Waals surface area contributed by atoms with Gasteiger partial charge in [-0.2, -0.15) is 5.10 Å². The Morgan fingerprint density at radius 1 is 1.29 bits per heavy atom. The molecular weight excluding hydrogens is 210 g/mol. The smallest absolute Gasteiger partial charge is 0.150 e. The fraction of sp³-hybridized carbons (Fsp3) is 0.429. The number of aromatic nitrogens is 3. The Hall–Kier alpha value is -1.64. The van der Waals surface area contributed by atoms with E-state index in [4.69, 9.17) is 0 Å². The van der Waals surface area contributed by atoms with Crippen molar-refractivity contribution in [1.29, 1.82) is 0 Å². The molecule has 3 rings (SSSR count). The predicted molar refractivity (Wildman–Crippen MR) is 67.0 cm³/mol. The summed E-state index contributed by atoms with van der Waals surface area (Å²) in [6.07, 6.45) is 2.03. The minimum absolute atomic E-state index is 0.369. The third-order valence-electron chi connectivity index (χ3n) is 3.51. The summed E-state index contributed by atoms with van der Waals surface area (Å²) in [6, 6.07) is 11.0. The molecule has 0 N–H and O–H groups in total. The first-order chi connectivity index (χ1) is 8.29. The van der Waals surface area contributed by atoms with E-state index in [2.05, 4.69) is 58.9 Å². The highest BCUT2D eigenvalue weighted by molar-refractivity contribution is 5.24. The highest BCUT2D eigenvalue weighted by Gasteiger charge is 2.31. The first-order valence-electron chi connectivity index (χ1n) is 6.30. The quantitative estimate of drug-likeness (QED) is 0.789. The van der Waals surface area contributed by atoms with Crippen molar-refractivity contribution in [3.8, 4) is 0 Å². The summed E-state index contributed by atoms with van der Waals surface area (Å²) in [6.45, 7) is 4.34. The zero-order valence-electron chi connectivity index (χ0n) is 10.3. The van der Waals surface area contributed by atoms with Crippen LogP contribution in [0.2, 0.25) is 0 Å². The summed E-state index contributed by atoms with van der Waals surface area (Å²) in [5.41, 5.74) is 1.34. The minimum atomic E-state index is 0.369. The first-order valence-corrected chi connectivity index (χ1v) is 6.30. The molecule has 0 bridgehead atoms. The molecule has 0 unspecified atom stereocenters. The van der Waals surface area contributed by atoms with E-state index in [9.17, 15) is 0 Å². The Labute approximate surface area is 101 Å². The number of benzene rings is 1. The van der Waals surface area contributed by atoms with Gasteiger partial charge in [0, 0.05) is 12.3 Å². The van der Waals surface area contributed by atoms with E-state index in [1.807, 2.05) is 0 Å². The van der Waals surface area contributed by atoms with Crippen molar-refractivity contribution in [2.45, 2.75) is 38.6 Å². The second kappa shape index (κ2) is 3.99. The number of fused-ring (bicyclic) bond motifs is 1. The van der Waals surface area contributed by atoms with E-state index in [-0.39, 0.29) is 0 Å². The van der Waals surface area contributed by atoms with Gasteiger partial charge in [0.25, 0.3) is 0 Å². The van der Waals surface area contributed by atoms with Crippen LogP contribution in [0.1, 0.15) is 49.4 Å². The maximum absolute atomic E-state index is 4.62. The van der Waals surface area contributed by atoms with Crippen molar-refractivity contribution in [2.75, 3.05) is 0 Å². The lowest BCUT2D eigenvalue weighted by molar-refractivity contribution is 0.537. The fourth-order valence-corrected chi connectivity index (χ4v) is 2.59. The SMILES string of the molecule is CCc1nc2n(n1)[C@H](c1ccccc1)C[C@@H]2C. The van der Waals surface area contributed by atoms with Crippen LogP contribution in [0, 0.1) is 0 Å². The van der Waals surface area contributed by atoms with Crippen LogP contribution in [0.15, 0.2) is 30.3 Å². The molecule has 1 aromatic heterocycles. The number of aryl methyl sites for hydroxylation is 1. The van der Waals surface area contributed by atoms with Gasteiger partial charge >= 0.3 is 0 Å². The van der Waals surface area contributed by atoms with Crippen LogP contribution in [0.3, 0.4) is 0 Å². The van der Waals surface area contributed by atoms with Crippen LogP contribution < -0.4 is 0 Å². The standard InChI is InChI=1S/C14H17N3/c1-3-13-15-14-10(2)9-12(17(14)16-13)11-7-5-4-6-8-11/h4-8,10,12H,3,9H2,1-2H3/t10-,12-/m0/s1. The molecule has 88 valence electrons. The Balaban J connectivity index is 2.03. The van der Waals surface area contributed by atoms with Gasteiger partial charge in [0.2, 0.25) is 0 Å². The number of nitrogens with zero attached hydrogens (tertiary/aromatic N) is 3. The summed E-state index contributed by atoms with van der Waals surface area (Å²) in [4.78, 5) is 4.62. The van der Waals surface area contributed by atoms with E-state index in [1.54, 1.807) is 0 Å². The van der Waals surface area contributed by atoms with Gasteiger partial charge in [-0.05, 0) is 12.0 Å². The van der Waals surface area contributed by atoms with Crippen molar-refractivity contribution in [3.05, 3.63) is 47.5 Å². The van der Waals surface area contributed by atoms with Crippen molar-refractivity contribution in [2.24, 2.45) is 0 Å². The van der Waals surface area contributed by atoms with E-state index >= 15 is 0 Å². The average molecular weight is 227 g/mol. The number of hydrogen-bond donors (Lipinski definition) is 0. The first kappa shape index (κ1) is 10.5. The third-order valence-corrected chi connectivity index (χ3v) is 3.51. The van der Waals surface area contributed by atoms with Gasteiger partial charge in [-0.1, -0.05) is 44.2 Å². The summed E-state index contributed by atoms with van der Waals surface area (Å²) >= 11 is 0. The Bertz CT molecular complexity index is 516. The summed E-state index contributed by atoms with van der Waals surface area (Å²) in [7, 11) is 0. The lowest BCUT2D eigenvalue weighted by atomic mass is 10.0. The molecule has 0 radical (unpaired) electrons. The molecule has 1 aliphatic heterocycles. The lowest BCUT2D eigenvalue weighted by Crippen LogP contribution is -2.07. The van der Waals surface area contributed by atoms with Crippen LogP contribution in [-0.4, -0.2) is 14.8 Å². The van der Waals surface area contributed by atoms with Crippen LogP contribution in [0.5, 0.6) is 0 Å². The molecule has 3 nitrogen and oxygen atoms in total. The maximum Gasteiger partial charge on any atom is 0.150 e. The molecule has 0 saturated heterocycles. The van der Waals surface area contributed by atoms with Crippen molar-refractivity contribution >= 4 is 0 Å². The second-order valence-electron chi connectivity index (χ2n) is 4.75. The van der Waals surface area contributed by atoms with Crippen LogP contribution >= 0.6 is 0 Å². The molecular formula is C14H17N3. The molecule has 0 saturated carbocycles. The summed E-state index contributed by atoms with van der Waals surface area (Å²) in [5.74, 6) is 2.62. The van der Waals surface area contributed by atoms with Gasteiger partial charge < -0.3 is 0 Å². The zero-order valence-corrected chi connectivity index (χ0v) is 10.3. The summed E-state index contributed by atoms with van der Waals surface area (Å²) < 4.78 is 2.12. The molecule has 0 amide bonds. The molecule has 1 aliphatic rings. The Morgan fingerprint density at radius 3 is 2.76 bits per heavy atom. The van der Waals surface area contributed by atoms with Crippen LogP contribution in [-0.2, 0) is 6.42 Å². The van der Waals surface area contributed by atoms with Gasteiger partial charge in [-0.25, -0.2) is 9.67 Å². The van der Waals surface area contributed by atoms with Crippen molar-refractivity contribution < 1.29 is 0 Å². The van der Waals surface area contributed by atoms with Crippen LogP contribution in [0.25, 0.3) is 0 Å². The third kappa shape index (κ3) is 1.66. The van der Waals surface area contributed by atoms with Crippen molar-refractivity contribution in [1.82, 2.24) is 14.8 Å². The van der Waals surface area contributed by atoms with Crippen LogP contribution in [0.4, 0.5) is 0 Å². The highest BCUT2D eigenvalue weighted by Crippen LogP contribution is 2.37. The highest BCUT2D eigenvalue weighted by atomic mass is 15.4. The topological polar surface area (TPSA) is 30.7 Å².